The first-order chi connectivity index (χ1) is 10.8. The summed E-state index contributed by atoms with van der Waals surface area (Å²) in [7, 11) is 0. The number of nitrogens with one attached hydrogen (secondary N) is 1. The van der Waals surface area contributed by atoms with Gasteiger partial charge in [-0.2, -0.15) is 0 Å². The van der Waals surface area contributed by atoms with Gasteiger partial charge in [0.15, 0.2) is 0 Å². The molecule has 3 N–H and O–H groups in total. The van der Waals surface area contributed by atoms with Gasteiger partial charge in [-0.05, 0) is 17.5 Å². The molecule has 0 aliphatic carbocycles. The van der Waals surface area contributed by atoms with E-state index in [-0.39, 0.29) is 12.6 Å². The summed E-state index contributed by atoms with van der Waals surface area (Å²) in [5.41, 5.74) is 9.75. The number of piperazine rings is 1. The molecule has 0 spiro atoms. The summed E-state index contributed by atoms with van der Waals surface area (Å²) in [5.74, 6) is 0.179. The van der Waals surface area contributed by atoms with Gasteiger partial charge in [-0.3, -0.25) is 9.29 Å². The van der Waals surface area contributed by atoms with E-state index in [1.807, 2.05) is 0 Å². The molecule has 0 radical (unpaired) electrons. The van der Waals surface area contributed by atoms with E-state index in [2.05, 4.69) is 33.3 Å². The SMILES string of the molecule is NCc1cccc(CN2CCNCC2)c1N1CC[C@H](CF)C1. The van der Waals surface area contributed by atoms with Crippen molar-refractivity contribution in [1.29, 1.82) is 0 Å². The number of hydrogen-bond acceptors (Lipinski definition) is 4. The Hall–Kier alpha value is -1.17. The fourth-order valence-electron chi connectivity index (χ4n) is 3.61. The molecule has 2 saturated heterocycles. The second-order valence-corrected chi connectivity index (χ2v) is 6.41. The summed E-state index contributed by atoms with van der Waals surface area (Å²) >= 11 is 0. The van der Waals surface area contributed by atoms with Crippen molar-refractivity contribution in [3.8, 4) is 0 Å². The fourth-order valence-corrected chi connectivity index (χ4v) is 3.61. The number of alkyl halides is 1. The first-order valence-corrected chi connectivity index (χ1v) is 8.36. The molecule has 5 heteroatoms. The van der Waals surface area contributed by atoms with E-state index in [4.69, 9.17) is 5.73 Å². The summed E-state index contributed by atoms with van der Waals surface area (Å²) in [6.45, 7) is 7.33. The van der Waals surface area contributed by atoms with Crippen LogP contribution in [0.4, 0.5) is 10.1 Å². The Balaban J connectivity index is 1.82. The predicted molar refractivity (Wildman–Crippen MR) is 88.8 cm³/mol. The third kappa shape index (κ3) is 3.42. The normalized spacial score (nSPS) is 23.2. The zero-order chi connectivity index (χ0) is 15.4. The van der Waals surface area contributed by atoms with Gasteiger partial charge in [-0.15, -0.1) is 0 Å². The molecule has 0 unspecified atom stereocenters. The van der Waals surface area contributed by atoms with Crippen molar-refractivity contribution in [2.24, 2.45) is 11.7 Å². The Morgan fingerprint density at radius 1 is 1.18 bits per heavy atom. The molecule has 1 aromatic rings. The zero-order valence-electron chi connectivity index (χ0n) is 13.2. The standard InChI is InChI=1S/C17H27FN4/c18-10-14-4-7-22(12-14)17-15(11-19)2-1-3-16(17)13-21-8-5-20-6-9-21/h1-3,14,20H,4-13,19H2/t14-/m1/s1. The Morgan fingerprint density at radius 3 is 2.64 bits per heavy atom. The lowest BCUT2D eigenvalue weighted by molar-refractivity contribution is 0.233. The van der Waals surface area contributed by atoms with Crippen molar-refractivity contribution in [3.05, 3.63) is 29.3 Å². The number of rotatable bonds is 5. The summed E-state index contributed by atoms with van der Waals surface area (Å²) in [4.78, 5) is 4.84. The molecule has 3 rings (SSSR count). The lowest BCUT2D eigenvalue weighted by atomic mass is 10.0. The van der Waals surface area contributed by atoms with E-state index >= 15 is 0 Å². The molecule has 2 aliphatic heterocycles. The molecule has 2 fully saturated rings. The number of anilines is 1. The maximum atomic E-state index is 13.0. The Morgan fingerprint density at radius 2 is 1.95 bits per heavy atom. The Kier molecular flexibility index (Phi) is 5.28. The molecule has 1 atom stereocenters. The molecule has 0 saturated carbocycles. The van der Waals surface area contributed by atoms with Crippen LogP contribution in [0.2, 0.25) is 0 Å². The van der Waals surface area contributed by atoms with Crippen molar-refractivity contribution in [1.82, 2.24) is 10.2 Å². The van der Waals surface area contributed by atoms with Gasteiger partial charge in [0.1, 0.15) is 0 Å². The summed E-state index contributed by atoms with van der Waals surface area (Å²) in [6.07, 6.45) is 0.947. The quantitative estimate of drug-likeness (QED) is 0.862. The number of halogens is 1. The molecule has 122 valence electrons. The van der Waals surface area contributed by atoms with Gasteiger partial charge in [-0.1, -0.05) is 18.2 Å². The van der Waals surface area contributed by atoms with Gasteiger partial charge < -0.3 is 16.0 Å². The molecule has 0 bridgehead atoms. The maximum Gasteiger partial charge on any atom is 0.0940 e. The summed E-state index contributed by atoms with van der Waals surface area (Å²) in [6, 6.07) is 6.42. The van der Waals surface area contributed by atoms with E-state index in [9.17, 15) is 4.39 Å². The van der Waals surface area contributed by atoms with Gasteiger partial charge in [0.25, 0.3) is 0 Å². The van der Waals surface area contributed by atoms with Crippen LogP contribution in [0.25, 0.3) is 0 Å². The number of hydrogen-bond donors (Lipinski definition) is 2. The smallest absolute Gasteiger partial charge is 0.0940 e. The van der Waals surface area contributed by atoms with Gasteiger partial charge >= 0.3 is 0 Å². The lowest BCUT2D eigenvalue weighted by Gasteiger charge is -2.31. The van der Waals surface area contributed by atoms with E-state index in [0.717, 1.165) is 52.2 Å². The van der Waals surface area contributed by atoms with Gasteiger partial charge in [0.05, 0.1) is 6.67 Å². The van der Waals surface area contributed by atoms with Crippen LogP contribution >= 0.6 is 0 Å². The minimum Gasteiger partial charge on any atom is -0.371 e. The molecular weight excluding hydrogens is 279 g/mol. The number of para-hydroxylation sites is 1. The van der Waals surface area contributed by atoms with Crippen molar-refractivity contribution < 1.29 is 4.39 Å². The minimum absolute atomic E-state index is 0.179. The first kappa shape index (κ1) is 15.7. The molecule has 2 aliphatic rings. The van der Waals surface area contributed by atoms with Crippen LogP contribution in [-0.2, 0) is 13.1 Å². The molecule has 1 aromatic carbocycles. The van der Waals surface area contributed by atoms with Crippen LogP contribution in [0.5, 0.6) is 0 Å². The van der Waals surface area contributed by atoms with E-state index in [1.54, 1.807) is 0 Å². The third-order valence-corrected chi connectivity index (χ3v) is 4.85. The highest BCUT2D eigenvalue weighted by atomic mass is 19.1. The topological polar surface area (TPSA) is 44.5 Å². The molecule has 0 amide bonds. The highest BCUT2D eigenvalue weighted by Crippen LogP contribution is 2.31. The summed E-state index contributed by atoms with van der Waals surface area (Å²) in [5, 5.41) is 3.39. The molecule has 22 heavy (non-hydrogen) atoms. The maximum absolute atomic E-state index is 13.0. The number of nitrogens with zero attached hydrogens (tertiary/aromatic N) is 2. The van der Waals surface area contributed by atoms with Crippen LogP contribution in [0, 0.1) is 5.92 Å². The van der Waals surface area contributed by atoms with Crippen LogP contribution in [0.3, 0.4) is 0 Å². The highest BCUT2D eigenvalue weighted by Gasteiger charge is 2.26. The van der Waals surface area contributed by atoms with Gasteiger partial charge in [0.2, 0.25) is 0 Å². The van der Waals surface area contributed by atoms with Crippen LogP contribution in [0.1, 0.15) is 17.5 Å². The monoisotopic (exact) mass is 306 g/mol. The minimum atomic E-state index is -0.214. The fraction of sp³-hybridized carbons (Fsp3) is 0.647. The number of benzene rings is 1. The molecule has 4 nitrogen and oxygen atoms in total. The molecule has 2 heterocycles. The van der Waals surface area contributed by atoms with Crippen molar-refractivity contribution in [2.45, 2.75) is 19.5 Å². The zero-order valence-corrected chi connectivity index (χ0v) is 13.2. The third-order valence-electron chi connectivity index (χ3n) is 4.85. The largest absolute Gasteiger partial charge is 0.371 e. The molecule has 0 aromatic heterocycles. The average molecular weight is 306 g/mol. The van der Waals surface area contributed by atoms with E-state index in [0.29, 0.717) is 6.54 Å². The van der Waals surface area contributed by atoms with Crippen LogP contribution < -0.4 is 16.0 Å². The van der Waals surface area contributed by atoms with Crippen molar-refractivity contribution >= 4 is 5.69 Å². The Labute approximate surface area is 132 Å². The van der Waals surface area contributed by atoms with E-state index in [1.165, 1.54) is 16.8 Å². The van der Waals surface area contributed by atoms with Crippen molar-refractivity contribution in [2.75, 3.05) is 50.8 Å². The average Bonchev–Trinajstić information content (AvgIpc) is 3.04. The van der Waals surface area contributed by atoms with Gasteiger partial charge in [0, 0.05) is 64.0 Å². The van der Waals surface area contributed by atoms with Crippen LogP contribution in [0.15, 0.2) is 18.2 Å². The van der Waals surface area contributed by atoms with E-state index < -0.39 is 0 Å². The first-order valence-electron chi connectivity index (χ1n) is 8.36. The highest BCUT2D eigenvalue weighted by molar-refractivity contribution is 5.60. The van der Waals surface area contributed by atoms with Gasteiger partial charge in [-0.25, -0.2) is 0 Å². The van der Waals surface area contributed by atoms with Crippen molar-refractivity contribution in [3.63, 3.8) is 0 Å². The second-order valence-electron chi connectivity index (χ2n) is 6.41. The number of nitrogens with two attached hydrogens (primary N) is 1. The van der Waals surface area contributed by atoms with Crippen LogP contribution in [-0.4, -0.2) is 50.8 Å². The molecular formula is C17H27FN4. The predicted octanol–water partition coefficient (Wildman–Crippen LogP) is 1.35. The second kappa shape index (κ2) is 7.40. The Bertz CT molecular complexity index is 488. The summed E-state index contributed by atoms with van der Waals surface area (Å²) < 4.78 is 13.0. The lowest BCUT2D eigenvalue weighted by Crippen LogP contribution is -2.43.